The lowest BCUT2D eigenvalue weighted by molar-refractivity contribution is 0.0526. The Hall–Kier alpha value is -1.62. The van der Waals surface area contributed by atoms with Crippen molar-refractivity contribution in [3.05, 3.63) is 23.2 Å². The van der Waals surface area contributed by atoms with Gasteiger partial charge in [0, 0.05) is 18.3 Å². The van der Waals surface area contributed by atoms with E-state index in [1.54, 1.807) is 12.1 Å². The number of hydrogen-bond acceptors (Lipinski definition) is 4. The zero-order chi connectivity index (χ0) is 15.3. The SMILES string of the molecule is CC(CNC(=O)OC(C)(C)C)Nc1ccc(O)c(Cl)c1. The van der Waals surface area contributed by atoms with Crippen molar-refractivity contribution >= 4 is 23.4 Å². The maximum atomic E-state index is 11.5. The van der Waals surface area contributed by atoms with E-state index in [0.29, 0.717) is 6.54 Å². The standard InChI is InChI=1S/C14H21ClN2O3/c1-9(8-16-13(19)20-14(2,3)4)17-10-5-6-12(18)11(15)7-10/h5-7,9,17-18H,8H2,1-4H3,(H,16,19). The number of rotatable bonds is 4. The largest absolute Gasteiger partial charge is 0.506 e. The zero-order valence-corrected chi connectivity index (χ0v) is 12.9. The Bertz CT molecular complexity index is 472. The molecule has 0 saturated heterocycles. The van der Waals surface area contributed by atoms with Crippen molar-refractivity contribution in [2.45, 2.75) is 39.3 Å². The fourth-order valence-corrected chi connectivity index (χ4v) is 1.66. The number of ether oxygens (including phenoxy) is 1. The summed E-state index contributed by atoms with van der Waals surface area (Å²) in [5.74, 6) is 0.0387. The predicted molar refractivity (Wildman–Crippen MR) is 80.4 cm³/mol. The van der Waals surface area contributed by atoms with E-state index in [-0.39, 0.29) is 16.8 Å². The molecule has 0 saturated carbocycles. The lowest BCUT2D eigenvalue weighted by Crippen LogP contribution is -2.38. The Morgan fingerprint density at radius 3 is 2.65 bits per heavy atom. The second-order valence-electron chi connectivity index (χ2n) is 5.59. The Kier molecular flexibility index (Phi) is 5.51. The fourth-order valence-electron chi connectivity index (χ4n) is 1.48. The summed E-state index contributed by atoms with van der Waals surface area (Å²) >= 11 is 5.82. The van der Waals surface area contributed by atoms with Crippen molar-refractivity contribution in [3.8, 4) is 5.75 Å². The van der Waals surface area contributed by atoms with Gasteiger partial charge in [-0.05, 0) is 45.9 Å². The molecule has 0 radical (unpaired) electrons. The molecular formula is C14H21ClN2O3. The van der Waals surface area contributed by atoms with Gasteiger partial charge in [-0.3, -0.25) is 0 Å². The molecule has 3 N–H and O–H groups in total. The maximum Gasteiger partial charge on any atom is 0.407 e. The molecule has 0 aliphatic rings. The molecule has 0 heterocycles. The Balaban J connectivity index is 2.42. The van der Waals surface area contributed by atoms with Gasteiger partial charge < -0.3 is 20.5 Å². The molecule has 0 aliphatic carbocycles. The number of halogens is 1. The van der Waals surface area contributed by atoms with Crippen LogP contribution in [0.15, 0.2) is 18.2 Å². The van der Waals surface area contributed by atoms with E-state index in [0.717, 1.165) is 5.69 Å². The third-order valence-corrected chi connectivity index (χ3v) is 2.61. The van der Waals surface area contributed by atoms with Crippen LogP contribution in [0.5, 0.6) is 5.75 Å². The molecule has 6 heteroatoms. The van der Waals surface area contributed by atoms with Gasteiger partial charge in [-0.2, -0.15) is 0 Å². The molecule has 0 bridgehead atoms. The lowest BCUT2D eigenvalue weighted by atomic mass is 10.2. The summed E-state index contributed by atoms with van der Waals surface area (Å²) in [6.07, 6.45) is -0.449. The van der Waals surface area contributed by atoms with Gasteiger partial charge >= 0.3 is 6.09 Å². The van der Waals surface area contributed by atoms with Crippen molar-refractivity contribution in [1.82, 2.24) is 5.32 Å². The number of aromatic hydroxyl groups is 1. The monoisotopic (exact) mass is 300 g/mol. The first-order valence-electron chi connectivity index (χ1n) is 6.39. The summed E-state index contributed by atoms with van der Waals surface area (Å²) in [6.45, 7) is 7.76. The second-order valence-corrected chi connectivity index (χ2v) is 6.00. The third kappa shape index (κ3) is 6.02. The summed E-state index contributed by atoms with van der Waals surface area (Å²) in [6, 6.07) is 4.84. The molecule has 1 amide bonds. The zero-order valence-electron chi connectivity index (χ0n) is 12.2. The molecule has 0 fully saturated rings. The van der Waals surface area contributed by atoms with Gasteiger partial charge in [0.1, 0.15) is 11.4 Å². The van der Waals surface area contributed by atoms with Gasteiger partial charge in [0.25, 0.3) is 0 Å². The molecule has 20 heavy (non-hydrogen) atoms. The van der Waals surface area contributed by atoms with Gasteiger partial charge in [0.05, 0.1) is 5.02 Å². The Morgan fingerprint density at radius 2 is 2.10 bits per heavy atom. The van der Waals surface area contributed by atoms with E-state index < -0.39 is 11.7 Å². The van der Waals surface area contributed by atoms with E-state index in [1.165, 1.54) is 6.07 Å². The molecule has 0 aromatic heterocycles. The van der Waals surface area contributed by atoms with Gasteiger partial charge in [-0.15, -0.1) is 0 Å². The lowest BCUT2D eigenvalue weighted by Gasteiger charge is -2.21. The van der Waals surface area contributed by atoms with Crippen LogP contribution in [0.4, 0.5) is 10.5 Å². The van der Waals surface area contributed by atoms with Crippen LogP contribution in [-0.2, 0) is 4.74 Å². The molecule has 0 aliphatic heterocycles. The summed E-state index contributed by atoms with van der Waals surface area (Å²) in [5, 5.41) is 15.5. The smallest absolute Gasteiger partial charge is 0.407 e. The average Bonchev–Trinajstić information content (AvgIpc) is 2.29. The van der Waals surface area contributed by atoms with E-state index in [1.807, 2.05) is 27.7 Å². The first-order valence-corrected chi connectivity index (χ1v) is 6.77. The highest BCUT2D eigenvalue weighted by Gasteiger charge is 2.16. The highest BCUT2D eigenvalue weighted by atomic mass is 35.5. The maximum absolute atomic E-state index is 11.5. The van der Waals surface area contributed by atoms with E-state index in [4.69, 9.17) is 16.3 Å². The first-order chi connectivity index (χ1) is 9.17. The van der Waals surface area contributed by atoms with Crippen LogP contribution in [0.1, 0.15) is 27.7 Å². The number of hydrogen-bond donors (Lipinski definition) is 3. The molecule has 0 spiro atoms. The normalized spacial score (nSPS) is 12.7. The van der Waals surface area contributed by atoms with Crippen molar-refractivity contribution in [2.75, 3.05) is 11.9 Å². The number of phenolic OH excluding ortho intramolecular Hbond substituents is 1. The fraction of sp³-hybridized carbons (Fsp3) is 0.500. The van der Waals surface area contributed by atoms with Crippen LogP contribution in [0.2, 0.25) is 5.02 Å². The number of carbonyl (C=O) groups excluding carboxylic acids is 1. The summed E-state index contributed by atoms with van der Waals surface area (Å²) in [7, 11) is 0. The summed E-state index contributed by atoms with van der Waals surface area (Å²) in [5.41, 5.74) is 0.261. The molecule has 1 rings (SSSR count). The highest BCUT2D eigenvalue weighted by Crippen LogP contribution is 2.26. The number of carbonyl (C=O) groups is 1. The van der Waals surface area contributed by atoms with Gasteiger partial charge in [0.2, 0.25) is 0 Å². The predicted octanol–water partition coefficient (Wildman–Crippen LogP) is 3.37. The molecule has 112 valence electrons. The molecular weight excluding hydrogens is 280 g/mol. The van der Waals surface area contributed by atoms with Gasteiger partial charge in [-0.25, -0.2) is 4.79 Å². The molecule has 1 atom stereocenters. The van der Waals surface area contributed by atoms with Gasteiger partial charge in [-0.1, -0.05) is 11.6 Å². The van der Waals surface area contributed by atoms with Crippen LogP contribution >= 0.6 is 11.6 Å². The van der Waals surface area contributed by atoms with Crippen molar-refractivity contribution in [1.29, 1.82) is 0 Å². The topological polar surface area (TPSA) is 70.6 Å². The van der Waals surface area contributed by atoms with E-state index in [2.05, 4.69) is 10.6 Å². The Labute approximate surface area is 124 Å². The highest BCUT2D eigenvalue weighted by molar-refractivity contribution is 6.32. The summed E-state index contributed by atoms with van der Waals surface area (Å²) in [4.78, 5) is 11.5. The third-order valence-electron chi connectivity index (χ3n) is 2.31. The number of nitrogens with one attached hydrogen (secondary N) is 2. The number of anilines is 1. The first kappa shape index (κ1) is 16.4. The van der Waals surface area contributed by atoms with Crippen LogP contribution in [0.25, 0.3) is 0 Å². The minimum absolute atomic E-state index is 0.0110. The second kappa shape index (κ2) is 6.70. The molecule has 1 aromatic carbocycles. The minimum atomic E-state index is -0.509. The number of phenols is 1. The van der Waals surface area contributed by atoms with E-state index in [9.17, 15) is 9.90 Å². The number of amides is 1. The van der Waals surface area contributed by atoms with Crippen LogP contribution in [0, 0.1) is 0 Å². The number of alkyl carbamates (subject to hydrolysis) is 1. The van der Waals surface area contributed by atoms with Crippen molar-refractivity contribution in [3.63, 3.8) is 0 Å². The Morgan fingerprint density at radius 1 is 1.45 bits per heavy atom. The molecule has 1 aromatic rings. The minimum Gasteiger partial charge on any atom is -0.506 e. The van der Waals surface area contributed by atoms with E-state index >= 15 is 0 Å². The molecule has 5 nitrogen and oxygen atoms in total. The number of benzene rings is 1. The van der Waals surface area contributed by atoms with Crippen LogP contribution in [-0.4, -0.2) is 29.4 Å². The van der Waals surface area contributed by atoms with Crippen LogP contribution in [0.3, 0.4) is 0 Å². The van der Waals surface area contributed by atoms with Crippen molar-refractivity contribution in [2.24, 2.45) is 0 Å². The van der Waals surface area contributed by atoms with Crippen molar-refractivity contribution < 1.29 is 14.6 Å². The van der Waals surface area contributed by atoms with Crippen LogP contribution < -0.4 is 10.6 Å². The van der Waals surface area contributed by atoms with Gasteiger partial charge in [0.15, 0.2) is 0 Å². The molecule has 1 unspecified atom stereocenters. The quantitative estimate of drug-likeness (QED) is 0.746. The summed E-state index contributed by atoms with van der Waals surface area (Å²) < 4.78 is 5.14. The average molecular weight is 301 g/mol.